The van der Waals surface area contributed by atoms with Crippen molar-refractivity contribution in [3.05, 3.63) is 6.58 Å². The molecule has 0 spiro atoms. The van der Waals surface area contributed by atoms with E-state index in [2.05, 4.69) is 26.9 Å². The highest BCUT2D eigenvalue weighted by Crippen LogP contribution is 2.38. The number of halogens is 2. The molecule has 0 bridgehead atoms. The third kappa shape index (κ3) is 4.84. The number of nitrogens with zero attached hydrogens (tertiary/aromatic N) is 1. The summed E-state index contributed by atoms with van der Waals surface area (Å²) in [6.07, 6.45) is -7.34. The number of hydrogen-bond acceptors (Lipinski definition) is 8. The molecular formula is C14H17F2NO7. The molecule has 0 aromatic carbocycles. The van der Waals surface area contributed by atoms with Gasteiger partial charge in [-0.2, -0.15) is 8.78 Å². The Hall–Kier alpha value is -2.32. The van der Waals surface area contributed by atoms with Crippen LogP contribution in [0.5, 0.6) is 0 Å². The maximum absolute atomic E-state index is 14.6. The largest absolute Gasteiger partial charge is 0.463 e. The van der Waals surface area contributed by atoms with E-state index >= 15 is 0 Å². The van der Waals surface area contributed by atoms with E-state index in [4.69, 9.17) is 9.47 Å². The van der Waals surface area contributed by atoms with Crippen molar-refractivity contribution in [3.8, 4) is 0 Å². The van der Waals surface area contributed by atoms with Gasteiger partial charge in [0.15, 0.2) is 18.4 Å². The second-order valence-corrected chi connectivity index (χ2v) is 4.88. The first-order valence-electron chi connectivity index (χ1n) is 6.82. The Morgan fingerprint density at radius 3 is 2.21 bits per heavy atom. The summed E-state index contributed by atoms with van der Waals surface area (Å²) in [4.78, 5) is 36.8. The van der Waals surface area contributed by atoms with E-state index in [-0.39, 0.29) is 0 Å². The number of carbonyl (C=O) groups is 3. The van der Waals surface area contributed by atoms with Gasteiger partial charge in [0.05, 0.1) is 0 Å². The Morgan fingerprint density at radius 2 is 1.75 bits per heavy atom. The number of hydrogen-bond donors (Lipinski definition) is 0. The Morgan fingerprint density at radius 1 is 1.17 bits per heavy atom. The van der Waals surface area contributed by atoms with Crippen LogP contribution < -0.4 is 0 Å². The molecule has 10 heteroatoms. The molecule has 1 rings (SSSR count). The van der Waals surface area contributed by atoms with Crippen LogP contribution in [0.2, 0.25) is 0 Å². The monoisotopic (exact) mass is 349 g/mol. The smallest absolute Gasteiger partial charge is 0.317 e. The normalized spacial score (nSPS) is 28.2. The quantitative estimate of drug-likeness (QED) is 0.408. The summed E-state index contributed by atoms with van der Waals surface area (Å²) < 4.78 is 48.2. The van der Waals surface area contributed by atoms with Crippen LogP contribution in [0.4, 0.5) is 8.78 Å². The lowest BCUT2D eigenvalue weighted by atomic mass is 9.96. The van der Waals surface area contributed by atoms with Crippen molar-refractivity contribution >= 4 is 23.8 Å². The molecule has 0 amide bonds. The van der Waals surface area contributed by atoms with Crippen LogP contribution in [0.25, 0.3) is 0 Å². The second-order valence-electron chi connectivity index (χ2n) is 4.88. The molecule has 0 saturated carbocycles. The Bertz CT molecular complexity index is 559. The highest BCUT2D eigenvalue weighted by atomic mass is 19.3. The summed E-state index contributed by atoms with van der Waals surface area (Å²) in [6.45, 7) is 5.33. The third-order valence-corrected chi connectivity index (χ3v) is 2.94. The molecule has 0 unspecified atom stereocenters. The van der Waals surface area contributed by atoms with Gasteiger partial charge < -0.3 is 18.9 Å². The van der Waals surface area contributed by atoms with Crippen molar-refractivity contribution in [2.45, 2.75) is 51.2 Å². The molecule has 24 heavy (non-hydrogen) atoms. The summed E-state index contributed by atoms with van der Waals surface area (Å²) in [7, 11) is 0. The van der Waals surface area contributed by atoms with E-state index in [0.717, 1.165) is 20.8 Å². The van der Waals surface area contributed by atoms with Gasteiger partial charge in [0.2, 0.25) is 6.10 Å². The van der Waals surface area contributed by atoms with E-state index in [1.165, 1.54) is 0 Å². The minimum absolute atomic E-state index is 0.802. The van der Waals surface area contributed by atoms with E-state index < -0.39 is 55.0 Å². The number of rotatable bonds is 5. The topological polar surface area (TPSA) is 100 Å². The lowest BCUT2D eigenvalue weighted by Crippen LogP contribution is -2.64. The molecule has 8 nitrogen and oxygen atoms in total. The van der Waals surface area contributed by atoms with Crippen LogP contribution in [-0.4, -0.2) is 60.8 Å². The maximum Gasteiger partial charge on any atom is 0.317 e. The zero-order chi connectivity index (χ0) is 18.5. The fourth-order valence-corrected chi connectivity index (χ4v) is 2.06. The van der Waals surface area contributed by atoms with E-state index in [1.807, 2.05) is 0 Å². The summed E-state index contributed by atoms with van der Waals surface area (Å²) in [6, 6.07) is 0. The van der Waals surface area contributed by atoms with E-state index in [0.29, 0.717) is 0 Å². The molecule has 0 aromatic heterocycles. The molecule has 1 heterocycles. The van der Waals surface area contributed by atoms with Gasteiger partial charge in [0.25, 0.3) is 0 Å². The van der Waals surface area contributed by atoms with Crippen molar-refractivity contribution < 1.29 is 42.1 Å². The number of ether oxygens (including phenoxy) is 4. The van der Waals surface area contributed by atoms with Gasteiger partial charge in [-0.15, -0.1) is 0 Å². The zero-order valence-corrected chi connectivity index (χ0v) is 13.3. The SMILES string of the molecule is C=C=N[C@@H]1O[C@H](COC(C)=O)C(F)(F)[C@H](OC(C)=O)[C@H]1OC(C)=O. The van der Waals surface area contributed by atoms with Crippen molar-refractivity contribution in [1.82, 2.24) is 0 Å². The van der Waals surface area contributed by atoms with Crippen LogP contribution in [0.15, 0.2) is 11.6 Å². The number of esters is 3. The molecule has 1 aliphatic rings. The van der Waals surface area contributed by atoms with Gasteiger partial charge >= 0.3 is 23.8 Å². The number of alkyl halides is 2. The molecule has 134 valence electrons. The molecule has 0 aliphatic carbocycles. The predicted octanol–water partition coefficient (Wildman–Crippen LogP) is 0.629. The minimum atomic E-state index is -3.81. The molecule has 1 aliphatic heterocycles. The lowest BCUT2D eigenvalue weighted by Gasteiger charge is -2.43. The molecule has 0 radical (unpaired) electrons. The van der Waals surface area contributed by atoms with Gasteiger partial charge in [-0.1, -0.05) is 0 Å². The minimum Gasteiger partial charge on any atom is -0.463 e. The molecule has 0 aromatic rings. The third-order valence-electron chi connectivity index (χ3n) is 2.94. The average Bonchev–Trinajstić information content (AvgIpc) is 2.43. The van der Waals surface area contributed by atoms with Crippen molar-refractivity contribution in [2.24, 2.45) is 4.99 Å². The fourth-order valence-electron chi connectivity index (χ4n) is 2.06. The molecule has 1 saturated heterocycles. The van der Waals surface area contributed by atoms with Crippen molar-refractivity contribution in [2.75, 3.05) is 6.61 Å². The van der Waals surface area contributed by atoms with Gasteiger partial charge in [-0.25, -0.2) is 4.99 Å². The summed E-state index contributed by atoms with van der Waals surface area (Å²) in [5, 5.41) is 0. The summed E-state index contributed by atoms with van der Waals surface area (Å²) in [5.41, 5.74) is 0. The number of aliphatic imine (C=N–C) groups is 1. The first-order chi connectivity index (χ1) is 11.1. The standard InChI is InChI=1S/C14H17F2NO7/c1-5-17-13-11(22-8(3)19)12(23-9(4)20)14(15,16)10(24-13)6-21-7(2)18/h10-13H,1,6H2,2-4H3/t10-,11-,12-,13-/m1/s1. The van der Waals surface area contributed by atoms with Crippen LogP contribution in [0.3, 0.4) is 0 Å². The second kappa shape index (κ2) is 7.98. The first-order valence-corrected chi connectivity index (χ1v) is 6.82. The molecular weight excluding hydrogens is 332 g/mol. The maximum atomic E-state index is 14.6. The predicted molar refractivity (Wildman–Crippen MR) is 74.4 cm³/mol. The molecule has 0 N–H and O–H groups in total. The molecule has 1 fully saturated rings. The van der Waals surface area contributed by atoms with Crippen LogP contribution in [0, 0.1) is 0 Å². The fraction of sp³-hybridized carbons (Fsp3) is 0.643. The Labute approximate surface area is 136 Å². The Kier molecular flexibility index (Phi) is 6.56. The van der Waals surface area contributed by atoms with Gasteiger partial charge in [-0.3, -0.25) is 14.4 Å². The van der Waals surface area contributed by atoms with E-state index in [9.17, 15) is 23.2 Å². The van der Waals surface area contributed by atoms with Gasteiger partial charge in [-0.05, 0) is 12.4 Å². The van der Waals surface area contributed by atoms with Gasteiger partial charge in [0.1, 0.15) is 6.61 Å². The highest BCUT2D eigenvalue weighted by Gasteiger charge is 2.62. The van der Waals surface area contributed by atoms with Crippen molar-refractivity contribution in [3.63, 3.8) is 0 Å². The van der Waals surface area contributed by atoms with Crippen LogP contribution in [-0.2, 0) is 33.3 Å². The van der Waals surface area contributed by atoms with Crippen LogP contribution >= 0.6 is 0 Å². The summed E-state index contributed by atoms with van der Waals surface area (Å²) >= 11 is 0. The average molecular weight is 349 g/mol. The first kappa shape index (κ1) is 19.7. The molecule has 4 atom stereocenters. The Balaban J connectivity index is 3.22. The number of carbonyl (C=O) groups excluding carboxylic acids is 3. The lowest BCUT2D eigenvalue weighted by molar-refractivity contribution is -0.299. The zero-order valence-electron chi connectivity index (χ0n) is 13.3. The van der Waals surface area contributed by atoms with Crippen molar-refractivity contribution in [1.29, 1.82) is 0 Å². The van der Waals surface area contributed by atoms with Crippen LogP contribution in [0.1, 0.15) is 20.8 Å². The highest BCUT2D eigenvalue weighted by molar-refractivity contribution is 5.68. The van der Waals surface area contributed by atoms with Gasteiger partial charge in [0, 0.05) is 20.8 Å². The van der Waals surface area contributed by atoms with E-state index in [1.54, 1.807) is 0 Å². The summed E-state index contributed by atoms with van der Waals surface area (Å²) in [5.74, 6) is -4.45.